The second-order valence-electron chi connectivity index (χ2n) is 7.76. The summed E-state index contributed by atoms with van der Waals surface area (Å²) in [6.45, 7) is 2.51. The maximum Gasteiger partial charge on any atom is 0.147 e. The largest absolute Gasteiger partial charge is 0.256 e. The van der Waals surface area contributed by atoms with Crippen molar-refractivity contribution in [3.05, 3.63) is 97.2 Å². The summed E-state index contributed by atoms with van der Waals surface area (Å²) < 4.78 is 0. The van der Waals surface area contributed by atoms with Crippen LogP contribution in [0, 0.1) is 0 Å². The summed E-state index contributed by atoms with van der Waals surface area (Å²) in [6, 6.07) is 33.4. The SMILES string of the molecule is C[Si]1(c2cccc3ccc4cccnc4c23)c2ccccc2-c2ccccc21. The zero-order chi connectivity index (χ0) is 18.7. The first-order valence-electron chi connectivity index (χ1n) is 9.75. The van der Waals surface area contributed by atoms with Gasteiger partial charge in [-0.3, -0.25) is 4.98 Å². The van der Waals surface area contributed by atoms with E-state index in [4.69, 9.17) is 4.98 Å². The molecule has 6 rings (SSSR count). The molecule has 4 aromatic carbocycles. The normalized spacial score (nSPS) is 14.2. The van der Waals surface area contributed by atoms with Gasteiger partial charge in [0.2, 0.25) is 0 Å². The second-order valence-corrected chi connectivity index (χ2v) is 11.6. The fourth-order valence-corrected chi connectivity index (χ4v) is 9.51. The third-order valence-corrected chi connectivity index (χ3v) is 10.9. The third-order valence-electron chi connectivity index (χ3n) is 6.38. The van der Waals surface area contributed by atoms with Crippen molar-refractivity contribution >= 4 is 45.3 Å². The number of fused-ring (bicyclic) bond motifs is 6. The Labute approximate surface area is 165 Å². The lowest BCUT2D eigenvalue weighted by Crippen LogP contribution is -2.62. The monoisotopic (exact) mass is 373 g/mol. The van der Waals surface area contributed by atoms with Gasteiger partial charge in [-0.2, -0.15) is 0 Å². The van der Waals surface area contributed by atoms with Crippen molar-refractivity contribution in [3.8, 4) is 11.1 Å². The van der Waals surface area contributed by atoms with E-state index in [2.05, 4.69) is 91.5 Å². The minimum atomic E-state index is -2.13. The lowest BCUT2D eigenvalue weighted by molar-refractivity contribution is 1.43. The minimum Gasteiger partial charge on any atom is -0.256 e. The highest BCUT2D eigenvalue weighted by molar-refractivity contribution is 7.14. The molecule has 0 spiro atoms. The van der Waals surface area contributed by atoms with E-state index in [0.717, 1.165) is 5.52 Å². The molecule has 1 aromatic heterocycles. The van der Waals surface area contributed by atoms with E-state index in [1.165, 1.54) is 42.8 Å². The predicted molar refractivity (Wildman–Crippen MR) is 122 cm³/mol. The maximum absolute atomic E-state index is 4.81. The molecule has 0 radical (unpaired) electrons. The topological polar surface area (TPSA) is 12.9 Å². The molecule has 1 aliphatic heterocycles. The van der Waals surface area contributed by atoms with E-state index in [0.29, 0.717) is 0 Å². The average Bonchev–Trinajstić information content (AvgIpc) is 3.03. The van der Waals surface area contributed by atoms with Gasteiger partial charge in [-0.1, -0.05) is 91.5 Å². The number of benzene rings is 4. The van der Waals surface area contributed by atoms with E-state index < -0.39 is 8.07 Å². The number of pyridine rings is 1. The highest BCUT2D eigenvalue weighted by atomic mass is 28.3. The number of nitrogens with zero attached hydrogens (tertiary/aromatic N) is 1. The zero-order valence-electron chi connectivity index (χ0n) is 15.7. The Bertz CT molecular complexity index is 1340. The Balaban J connectivity index is 1.81. The van der Waals surface area contributed by atoms with E-state index >= 15 is 0 Å². The quantitative estimate of drug-likeness (QED) is 0.312. The van der Waals surface area contributed by atoms with E-state index in [1.807, 2.05) is 12.3 Å². The van der Waals surface area contributed by atoms with Crippen LogP contribution >= 0.6 is 0 Å². The second kappa shape index (κ2) is 5.63. The Morgan fingerprint density at radius 2 is 1.18 bits per heavy atom. The lowest BCUT2D eigenvalue weighted by atomic mass is 10.1. The number of hydrogen-bond acceptors (Lipinski definition) is 1. The molecule has 0 saturated heterocycles. The first-order chi connectivity index (χ1) is 13.8. The summed E-state index contributed by atoms with van der Waals surface area (Å²) in [5.74, 6) is 0. The Morgan fingerprint density at radius 3 is 1.93 bits per heavy atom. The smallest absolute Gasteiger partial charge is 0.147 e. The van der Waals surface area contributed by atoms with Crippen LogP contribution < -0.4 is 15.6 Å². The van der Waals surface area contributed by atoms with Gasteiger partial charge in [0, 0.05) is 17.0 Å². The van der Waals surface area contributed by atoms with Crippen molar-refractivity contribution in [2.75, 3.05) is 0 Å². The third kappa shape index (κ3) is 1.93. The Morgan fingerprint density at radius 1 is 0.571 bits per heavy atom. The van der Waals surface area contributed by atoms with Crippen molar-refractivity contribution in [1.29, 1.82) is 0 Å². The average molecular weight is 374 g/mol. The molecular weight excluding hydrogens is 354 g/mol. The number of hydrogen-bond donors (Lipinski definition) is 0. The highest BCUT2D eigenvalue weighted by Gasteiger charge is 2.43. The van der Waals surface area contributed by atoms with Gasteiger partial charge in [0.15, 0.2) is 0 Å². The molecule has 0 bridgehead atoms. The van der Waals surface area contributed by atoms with Crippen LogP contribution in [0.5, 0.6) is 0 Å². The summed E-state index contributed by atoms with van der Waals surface area (Å²) in [7, 11) is -2.13. The Kier molecular flexibility index (Phi) is 3.18. The molecule has 1 nitrogen and oxygen atoms in total. The molecule has 1 aliphatic rings. The zero-order valence-corrected chi connectivity index (χ0v) is 16.7. The van der Waals surface area contributed by atoms with Gasteiger partial charge in [0.25, 0.3) is 0 Å². The van der Waals surface area contributed by atoms with Crippen LogP contribution in [0.25, 0.3) is 32.8 Å². The van der Waals surface area contributed by atoms with Gasteiger partial charge in [-0.15, -0.1) is 0 Å². The molecule has 2 heteroatoms. The predicted octanol–water partition coefficient (Wildman–Crippen LogP) is 4.47. The summed E-state index contributed by atoms with van der Waals surface area (Å²) in [5.41, 5.74) is 3.92. The van der Waals surface area contributed by atoms with Gasteiger partial charge in [0.1, 0.15) is 8.07 Å². The molecule has 0 saturated carbocycles. The molecule has 2 heterocycles. The van der Waals surface area contributed by atoms with Gasteiger partial charge < -0.3 is 0 Å². The molecule has 0 amide bonds. The van der Waals surface area contributed by atoms with Gasteiger partial charge in [-0.25, -0.2) is 0 Å². The van der Waals surface area contributed by atoms with Crippen LogP contribution in [0.1, 0.15) is 0 Å². The van der Waals surface area contributed by atoms with Gasteiger partial charge >= 0.3 is 0 Å². The molecule has 132 valence electrons. The highest BCUT2D eigenvalue weighted by Crippen LogP contribution is 2.31. The van der Waals surface area contributed by atoms with E-state index in [1.54, 1.807) is 0 Å². The fourth-order valence-electron chi connectivity index (χ4n) is 5.07. The fraction of sp³-hybridized carbons (Fsp3) is 0.0385. The summed E-state index contributed by atoms with van der Waals surface area (Å²) in [5, 5.41) is 8.29. The van der Waals surface area contributed by atoms with Gasteiger partial charge in [-0.05, 0) is 38.1 Å². The molecule has 0 unspecified atom stereocenters. The van der Waals surface area contributed by atoms with E-state index in [9.17, 15) is 0 Å². The van der Waals surface area contributed by atoms with Crippen LogP contribution in [-0.4, -0.2) is 13.1 Å². The molecular formula is C26H19NSi. The van der Waals surface area contributed by atoms with Crippen LogP contribution in [-0.2, 0) is 0 Å². The Hall–Kier alpha value is -3.23. The van der Waals surface area contributed by atoms with Crippen molar-refractivity contribution < 1.29 is 0 Å². The summed E-state index contributed by atoms with van der Waals surface area (Å²) in [6.07, 6.45) is 1.92. The molecule has 5 aromatic rings. The standard InChI is InChI=1S/C26H19NSi/c1-28(22-12-4-2-10-20(22)21-11-3-5-13-23(21)28)24-14-6-8-18-15-16-19-9-7-17-27-26(19)25(18)24/h2-17H,1H3. The summed E-state index contributed by atoms with van der Waals surface area (Å²) in [4.78, 5) is 4.81. The maximum atomic E-state index is 4.81. The molecule has 0 aliphatic carbocycles. The first kappa shape index (κ1) is 15.8. The molecule has 28 heavy (non-hydrogen) atoms. The summed E-state index contributed by atoms with van der Waals surface area (Å²) >= 11 is 0. The van der Waals surface area contributed by atoms with Crippen molar-refractivity contribution in [1.82, 2.24) is 4.98 Å². The van der Waals surface area contributed by atoms with Crippen LogP contribution in [0.4, 0.5) is 0 Å². The number of aromatic nitrogens is 1. The van der Waals surface area contributed by atoms with Crippen LogP contribution in [0.2, 0.25) is 6.55 Å². The van der Waals surface area contributed by atoms with Crippen molar-refractivity contribution in [2.24, 2.45) is 0 Å². The van der Waals surface area contributed by atoms with Gasteiger partial charge in [0.05, 0.1) is 5.52 Å². The lowest BCUT2D eigenvalue weighted by Gasteiger charge is -2.27. The molecule has 0 fully saturated rings. The molecule has 0 atom stereocenters. The van der Waals surface area contributed by atoms with Crippen LogP contribution in [0.3, 0.4) is 0 Å². The number of rotatable bonds is 1. The van der Waals surface area contributed by atoms with E-state index in [-0.39, 0.29) is 0 Å². The van der Waals surface area contributed by atoms with Crippen molar-refractivity contribution in [2.45, 2.75) is 6.55 Å². The first-order valence-corrected chi connectivity index (χ1v) is 12.2. The molecule has 0 N–H and O–H groups in total. The van der Waals surface area contributed by atoms with Crippen molar-refractivity contribution in [3.63, 3.8) is 0 Å². The minimum absolute atomic E-state index is 1.12. The van der Waals surface area contributed by atoms with Crippen LogP contribution in [0.15, 0.2) is 97.2 Å².